The third-order valence-corrected chi connectivity index (χ3v) is 6.75. The van der Waals surface area contributed by atoms with E-state index in [0.29, 0.717) is 6.04 Å². The van der Waals surface area contributed by atoms with Gasteiger partial charge in [-0.15, -0.1) is 22.7 Å². The lowest BCUT2D eigenvalue weighted by Gasteiger charge is -2.19. The SMILES string of the molecule is CNC1CCCc2nc(-c3ccc(C(C)(C)C)s3)sc21. The smallest absolute Gasteiger partial charge is 0.133 e. The van der Waals surface area contributed by atoms with Crippen LogP contribution in [0.2, 0.25) is 0 Å². The Balaban J connectivity index is 1.95. The van der Waals surface area contributed by atoms with Gasteiger partial charge in [0.25, 0.3) is 0 Å². The molecule has 2 heterocycles. The van der Waals surface area contributed by atoms with E-state index in [4.69, 9.17) is 4.98 Å². The van der Waals surface area contributed by atoms with Crippen LogP contribution in [0, 0.1) is 0 Å². The Hall–Kier alpha value is -0.710. The van der Waals surface area contributed by atoms with E-state index in [1.165, 1.54) is 38.2 Å². The minimum Gasteiger partial charge on any atom is -0.312 e. The molecule has 0 aliphatic heterocycles. The fourth-order valence-corrected chi connectivity index (χ4v) is 5.03. The minimum atomic E-state index is 0.229. The van der Waals surface area contributed by atoms with E-state index in [2.05, 4.69) is 45.3 Å². The van der Waals surface area contributed by atoms with Gasteiger partial charge in [-0.2, -0.15) is 0 Å². The van der Waals surface area contributed by atoms with E-state index >= 15 is 0 Å². The number of fused-ring (bicyclic) bond motifs is 1. The van der Waals surface area contributed by atoms with Crippen molar-refractivity contribution in [3.8, 4) is 9.88 Å². The van der Waals surface area contributed by atoms with Crippen molar-refractivity contribution in [1.82, 2.24) is 10.3 Å². The Morgan fingerprint density at radius 1 is 1.25 bits per heavy atom. The van der Waals surface area contributed by atoms with Gasteiger partial charge in [-0.1, -0.05) is 20.8 Å². The first-order valence-electron chi connectivity index (χ1n) is 7.26. The second-order valence-electron chi connectivity index (χ2n) is 6.48. The second kappa shape index (κ2) is 5.24. The maximum atomic E-state index is 4.90. The third kappa shape index (κ3) is 2.57. The Morgan fingerprint density at radius 3 is 2.70 bits per heavy atom. The van der Waals surface area contributed by atoms with Gasteiger partial charge in [-0.05, 0) is 43.9 Å². The maximum Gasteiger partial charge on any atom is 0.133 e. The van der Waals surface area contributed by atoms with Crippen molar-refractivity contribution in [3.05, 3.63) is 27.6 Å². The molecule has 2 nitrogen and oxygen atoms in total. The lowest BCUT2D eigenvalue weighted by molar-refractivity contribution is 0.501. The molecule has 2 aromatic rings. The molecule has 0 bridgehead atoms. The highest BCUT2D eigenvalue weighted by Crippen LogP contribution is 2.41. The van der Waals surface area contributed by atoms with Crippen LogP contribution in [0.25, 0.3) is 9.88 Å². The van der Waals surface area contributed by atoms with Crippen molar-refractivity contribution in [2.45, 2.75) is 51.5 Å². The van der Waals surface area contributed by atoms with Gasteiger partial charge in [0.2, 0.25) is 0 Å². The van der Waals surface area contributed by atoms with Crippen LogP contribution in [-0.4, -0.2) is 12.0 Å². The molecule has 1 aliphatic carbocycles. The van der Waals surface area contributed by atoms with Gasteiger partial charge >= 0.3 is 0 Å². The molecule has 1 N–H and O–H groups in total. The van der Waals surface area contributed by atoms with E-state index < -0.39 is 0 Å². The molecule has 0 saturated carbocycles. The summed E-state index contributed by atoms with van der Waals surface area (Å²) in [6.07, 6.45) is 3.63. The number of nitrogens with one attached hydrogen (secondary N) is 1. The fourth-order valence-electron chi connectivity index (χ4n) is 2.66. The second-order valence-corrected chi connectivity index (χ2v) is 8.59. The van der Waals surface area contributed by atoms with Gasteiger partial charge in [0, 0.05) is 15.8 Å². The van der Waals surface area contributed by atoms with E-state index in [9.17, 15) is 0 Å². The Kier molecular flexibility index (Phi) is 3.73. The number of rotatable bonds is 2. The molecular formula is C16H22N2S2. The summed E-state index contributed by atoms with van der Waals surface area (Å²) in [6, 6.07) is 5.01. The van der Waals surface area contributed by atoms with Crippen molar-refractivity contribution < 1.29 is 0 Å². The van der Waals surface area contributed by atoms with Gasteiger partial charge < -0.3 is 5.32 Å². The summed E-state index contributed by atoms with van der Waals surface area (Å²) >= 11 is 3.77. The lowest BCUT2D eigenvalue weighted by Crippen LogP contribution is -2.19. The first kappa shape index (κ1) is 14.2. The molecule has 1 unspecified atom stereocenters. The fraction of sp³-hybridized carbons (Fsp3) is 0.562. The van der Waals surface area contributed by atoms with Crippen molar-refractivity contribution in [2.24, 2.45) is 0 Å². The van der Waals surface area contributed by atoms with E-state index in [1.54, 1.807) is 0 Å². The molecule has 0 fully saturated rings. The van der Waals surface area contributed by atoms with E-state index in [1.807, 2.05) is 22.7 Å². The zero-order valence-electron chi connectivity index (χ0n) is 12.6. The first-order valence-corrected chi connectivity index (χ1v) is 8.90. The quantitative estimate of drug-likeness (QED) is 0.865. The molecule has 3 rings (SSSR count). The summed E-state index contributed by atoms with van der Waals surface area (Å²) in [6.45, 7) is 6.81. The number of aromatic nitrogens is 1. The van der Waals surface area contributed by atoms with Crippen LogP contribution in [0.15, 0.2) is 12.1 Å². The van der Waals surface area contributed by atoms with Crippen LogP contribution in [0.5, 0.6) is 0 Å². The standard InChI is InChI=1S/C16H22N2S2/c1-16(2,3)13-9-8-12(19-13)15-18-11-7-5-6-10(17-4)14(11)20-15/h8-10,17H,5-7H2,1-4H3. The zero-order valence-corrected chi connectivity index (χ0v) is 14.3. The molecule has 108 valence electrons. The molecule has 0 spiro atoms. The van der Waals surface area contributed by atoms with Gasteiger partial charge in [0.15, 0.2) is 0 Å². The zero-order chi connectivity index (χ0) is 14.3. The minimum absolute atomic E-state index is 0.229. The number of hydrogen-bond donors (Lipinski definition) is 1. The van der Waals surface area contributed by atoms with Gasteiger partial charge in [0.1, 0.15) is 5.01 Å². The summed E-state index contributed by atoms with van der Waals surface area (Å²) in [7, 11) is 2.06. The Labute approximate surface area is 129 Å². The lowest BCUT2D eigenvalue weighted by atomic mass is 9.95. The molecule has 1 aliphatic rings. The van der Waals surface area contributed by atoms with Crippen molar-refractivity contribution in [2.75, 3.05) is 7.05 Å². The number of aryl methyl sites for hydroxylation is 1. The molecule has 0 amide bonds. The molecule has 20 heavy (non-hydrogen) atoms. The summed E-state index contributed by atoms with van der Waals surface area (Å²) < 4.78 is 0. The monoisotopic (exact) mass is 306 g/mol. The topological polar surface area (TPSA) is 24.9 Å². The van der Waals surface area contributed by atoms with Crippen molar-refractivity contribution >= 4 is 22.7 Å². The molecule has 0 saturated heterocycles. The van der Waals surface area contributed by atoms with Gasteiger partial charge in [0.05, 0.1) is 10.6 Å². The molecule has 0 radical (unpaired) electrons. The Bertz CT molecular complexity index is 604. The molecule has 0 aromatic carbocycles. The molecule has 1 atom stereocenters. The highest BCUT2D eigenvalue weighted by molar-refractivity contribution is 7.22. The number of thiophene rings is 1. The Morgan fingerprint density at radius 2 is 2.05 bits per heavy atom. The summed E-state index contributed by atoms with van der Waals surface area (Å²) in [5, 5.41) is 4.63. The number of nitrogens with zero attached hydrogens (tertiary/aromatic N) is 1. The normalized spacial score (nSPS) is 19.1. The van der Waals surface area contributed by atoms with E-state index in [0.717, 1.165) is 6.42 Å². The summed E-state index contributed by atoms with van der Waals surface area (Å²) in [4.78, 5) is 9.12. The molecule has 2 aromatic heterocycles. The van der Waals surface area contributed by atoms with Crippen molar-refractivity contribution in [1.29, 1.82) is 0 Å². The first-order chi connectivity index (χ1) is 9.49. The largest absolute Gasteiger partial charge is 0.312 e. The van der Waals surface area contributed by atoms with Crippen molar-refractivity contribution in [3.63, 3.8) is 0 Å². The van der Waals surface area contributed by atoms with Crippen LogP contribution in [0.4, 0.5) is 0 Å². The number of hydrogen-bond acceptors (Lipinski definition) is 4. The molecule has 4 heteroatoms. The predicted octanol–water partition coefficient (Wildman–Crippen LogP) is 4.77. The predicted molar refractivity (Wildman–Crippen MR) is 88.9 cm³/mol. The number of thiazole rings is 1. The van der Waals surface area contributed by atoms with Crippen LogP contribution in [0.3, 0.4) is 0 Å². The summed E-state index contributed by atoms with van der Waals surface area (Å²) in [5.41, 5.74) is 1.55. The van der Waals surface area contributed by atoms with Crippen LogP contribution < -0.4 is 5.32 Å². The van der Waals surface area contributed by atoms with Crippen LogP contribution in [-0.2, 0) is 11.8 Å². The summed E-state index contributed by atoms with van der Waals surface area (Å²) in [5.74, 6) is 0. The highest BCUT2D eigenvalue weighted by Gasteiger charge is 2.25. The van der Waals surface area contributed by atoms with Gasteiger partial charge in [-0.25, -0.2) is 4.98 Å². The molecular weight excluding hydrogens is 284 g/mol. The maximum absolute atomic E-state index is 4.90. The van der Waals surface area contributed by atoms with Crippen LogP contribution >= 0.6 is 22.7 Å². The van der Waals surface area contributed by atoms with Gasteiger partial charge in [-0.3, -0.25) is 0 Å². The average molecular weight is 306 g/mol. The van der Waals surface area contributed by atoms with E-state index in [-0.39, 0.29) is 5.41 Å². The highest BCUT2D eigenvalue weighted by atomic mass is 32.1. The van der Waals surface area contributed by atoms with Crippen LogP contribution in [0.1, 0.15) is 55.1 Å². The average Bonchev–Trinajstić information content (AvgIpc) is 3.03. The third-order valence-electron chi connectivity index (χ3n) is 3.85.